The molecule has 2 nitrogen and oxygen atoms in total. The molecule has 0 fully saturated rings. The fourth-order valence-corrected chi connectivity index (χ4v) is 11.9. The first-order valence-electron chi connectivity index (χ1n) is 21.3. The van der Waals surface area contributed by atoms with Gasteiger partial charge >= 0.3 is 0 Å². The SMILES string of the molecule is C1=Cc2c(n(-c3ccc4sc5ccccc5c4c3)c3ccc(-c4ccc(-c5ccc6c(c5)c5ccccc5n6-c5ccc6c7c(cccc57)-c5ccccc5-6)cc4)cc23)CC1. The summed E-state index contributed by atoms with van der Waals surface area (Å²) in [5.74, 6) is 0. The molecule has 14 rings (SSSR count). The summed E-state index contributed by atoms with van der Waals surface area (Å²) in [5.41, 5.74) is 19.1. The standard InChI is InChI=1S/C58H36N2S/c1-2-11-41-40(10-1)45-15-9-16-47-53(30-27-46(41)58(45)47)60-52-18-7-4-13-43(52)49-33-38(25-29-55(49)60)36-22-20-35(21-23-36)37-24-28-54-48(32-37)42-12-3-6-17-51(42)59(54)39-26-31-57-50(34-39)44-14-5-8-19-56(44)61-57/h1-5,7-16,18-34H,6,17H2. The summed E-state index contributed by atoms with van der Waals surface area (Å²) in [6.07, 6.45) is 6.78. The largest absolute Gasteiger partial charge is 0.313 e. The number of allylic oxidation sites excluding steroid dienone is 1. The number of nitrogens with zero attached hydrogens (tertiary/aromatic N) is 2. The third kappa shape index (κ3) is 4.72. The summed E-state index contributed by atoms with van der Waals surface area (Å²) in [5, 5.41) is 9.16. The molecule has 9 aromatic carbocycles. The maximum atomic E-state index is 2.52. The molecular weight excluding hydrogens is 757 g/mol. The molecule has 0 bridgehead atoms. The molecule has 0 atom stereocenters. The Bertz CT molecular complexity index is 3840. The number of hydrogen-bond donors (Lipinski definition) is 0. The van der Waals surface area contributed by atoms with Crippen LogP contribution in [0.5, 0.6) is 0 Å². The topological polar surface area (TPSA) is 9.86 Å². The zero-order valence-electron chi connectivity index (χ0n) is 33.2. The Morgan fingerprint density at radius 1 is 0.393 bits per heavy atom. The number of benzene rings is 9. The Morgan fingerprint density at radius 2 is 1.02 bits per heavy atom. The van der Waals surface area contributed by atoms with Crippen molar-refractivity contribution in [1.82, 2.24) is 9.13 Å². The van der Waals surface area contributed by atoms with Crippen LogP contribution in [-0.4, -0.2) is 9.13 Å². The average molecular weight is 793 g/mol. The van der Waals surface area contributed by atoms with Crippen LogP contribution in [-0.2, 0) is 6.42 Å². The van der Waals surface area contributed by atoms with Gasteiger partial charge in [-0.2, -0.15) is 0 Å². The van der Waals surface area contributed by atoms with Crippen molar-refractivity contribution in [3.8, 4) is 55.9 Å². The molecule has 0 saturated heterocycles. The lowest BCUT2D eigenvalue weighted by Gasteiger charge is -2.13. The van der Waals surface area contributed by atoms with E-state index in [1.807, 2.05) is 11.3 Å². The van der Waals surface area contributed by atoms with Crippen LogP contribution in [0.2, 0.25) is 0 Å². The van der Waals surface area contributed by atoms with E-state index in [0.29, 0.717) is 0 Å². The normalized spacial score (nSPS) is 13.0. The van der Waals surface area contributed by atoms with Crippen LogP contribution in [0, 0.1) is 0 Å². The van der Waals surface area contributed by atoms with Gasteiger partial charge in [0, 0.05) is 58.7 Å². The molecule has 0 unspecified atom stereocenters. The third-order valence-electron chi connectivity index (χ3n) is 13.5. The van der Waals surface area contributed by atoms with Crippen molar-refractivity contribution in [2.45, 2.75) is 12.8 Å². The number of para-hydroxylation sites is 1. The van der Waals surface area contributed by atoms with Crippen LogP contribution in [0.4, 0.5) is 0 Å². The zero-order chi connectivity index (χ0) is 39.8. The van der Waals surface area contributed by atoms with E-state index >= 15 is 0 Å². The predicted octanol–water partition coefficient (Wildman–Crippen LogP) is 16.2. The van der Waals surface area contributed by atoms with Crippen molar-refractivity contribution >= 4 is 81.1 Å². The first kappa shape index (κ1) is 33.4. The molecule has 2 aliphatic rings. The Balaban J connectivity index is 0.850. The van der Waals surface area contributed by atoms with Gasteiger partial charge in [-0.05, 0) is 123 Å². The maximum absolute atomic E-state index is 2.52. The highest BCUT2D eigenvalue weighted by Gasteiger charge is 2.24. The lowest BCUT2D eigenvalue weighted by atomic mass is 9.97. The van der Waals surface area contributed by atoms with Gasteiger partial charge in [0.25, 0.3) is 0 Å². The van der Waals surface area contributed by atoms with Crippen molar-refractivity contribution in [3.05, 3.63) is 199 Å². The van der Waals surface area contributed by atoms with E-state index in [1.165, 1.54) is 131 Å². The Kier molecular flexibility index (Phi) is 6.86. The minimum atomic E-state index is 1.04. The second-order valence-corrected chi connectivity index (χ2v) is 17.8. The monoisotopic (exact) mass is 792 g/mol. The number of aromatic nitrogens is 2. The molecule has 2 aliphatic carbocycles. The molecule has 0 amide bonds. The molecule has 0 spiro atoms. The van der Waals surface area contributed by atoms with Crippen LogP contribution in [0.1, 0.15) is 17.7 Å². The number of fused-ring (bicyclic) bond motifs is 12. The van der Waals surface area contributed by atoms with E-state index in [2.05, 4.69) is 203 Å². The van der Waals surface area contributed by atoms with Crippen LogP contribution < -0.4 is 0 Å². The van der Waals surface area contributed by atoms with Gasteiger partial charge in [-0.1, -0.05) is 133 Å². The summed E-state index contributed by atoms with van der Waals surface area (Å²) < 4.78 is 7.68. The molecule has 0 N–H and O–H groups in total. The minimum absolute atomic E-state index is 1.04. The Hall–Kier alpha value is -7.46. The van der Waals surface area contributed by atoms with Gasteiger partial charge < -0.3 is 9.13 Å². The molecule has 3 heteroatoms. The van der Waals surface area contributed by atoms with Gasteiger partial charge in [0.05, 0.1) is 22.2 Å². The first-order valence-corrected chi connectivity index (χ1v) is 22.1. The quantitative estimate of drug-likeness (QED) is 0.168. The van der Waals surface area contributed by atoms with Gasteiger partial charge in [-0.25, -0.2) is 0 Å². The molecule has 12 aromatic rings. The Morgan fingerprint density at radius 3 is 1.84 bits per heavy atom. The number of hydrogen-bond acceptors (Lipinski definition) is 1. The van der Waals surface area contributed by atoms with Crippen LogP contribution in [0.15, 0.2) is 188 Å². The summed E-state index contributed by atoms with van der Waals surface area (Å²) in [6.45, 7) is 0. The van der Waals surface area contributed by atoms with E-state index in [4.69, 9.17) is 0 Å². The van der Waals surface area contributed by atoms with E-state index in [0.717, 1.165) is 12.8 Å². The second kappa shape index (κ2) is 12.5. The van der Waals surface area contributed by atoms with Crippen molar-refractivity contribution in [2.75, 3.05) is 0 Å². The molecule has 61 heavy (non-hydrogen) atoms. The van der Waals surface area contributed by atoms with Gasteiger partial charge in [0.15, 0.2) is 0 Å². The van der Waals surface area contributed by atoms with Crippen molar-refractivity contribution in [1.29, 1.82) is 0 Å². The van der Waals surface area contributed by atoms with E-state index in [-0.39, 0.29) is 0 Å². The maximum Gasteiger partial charge on any atom is 0.0541 e. The molecule has 284 valence electrons. The van der Waals surface area contributed by atoms with Gasteiger partial charge in [0.2, 0.25) is 0 Å². The fourth-order valence-electron chi connectivity index (χ4n) is 10.8. The van der Waals surface area contributed by atoms with Crippen molar-refractivity contribution in [3.63, 3.8) is 0 Å². The lowest BCUT2D eigenvalue weighted by molar-refractivity contribution is 0.889. The fraction of sp³-hybridized carbons (Fsp3) is 0.0345. The third-order valence-corrected chi connectivity index (χ3v) is 14.7. The van der Waals surface area contributed by atoms with E-state index in [9.17, 15) is 0 Å². The summed E-state index contributed by atoms with van der Waals surface area (Å²) in [7, 11) is 0. The summed E-state index contributed by atoms with van der Waals surface area (Å²) >= 11 is 1.88. The summed E-state index contributed by atoms with van der Waals surface area (Å²) in [4.78, 5) is 0. The van der Waals surface area contributed by atoms with E-state index < -0.39 is 0 Å². The van der Waals surface area contributed by atoms with Crippen molar-refractivity contribution in [2.24, 2.45) is 0 Å². The smallest absolute Gasteiger partial charge is 0.0541 e. The molecule has 3 heterocycles. The lowest BCUT2D eigenvalue weighted by Crippen LogP contribution is -2.02. The van der Waals surface area contributed by atoms with Crippen LogP contribution in [0.25, 0.3) is 126 Å². The zero-order valence-corrected chi connectivity index (χ0v) is 34.0. The molecule has 0 aliphatic heterocycles. The van der Waals surface area contributed by atoms with Gasteiger partial charge in [-0.3, -0.25) is 0 Å². The molecular formula is C58H36N2S. The molecule has 0 radical (unpaired) electrons. The highest BCUT2D eigenvalue weighted by atomic mass is 32.1. The average Bonchev–Trinajstić information content (AvgIpc) is 4.06. The molecule has 0 saturated carbocycles. The number of thiophene rings is 1. The van der Waals surface area contributed by atoms with Gasteiger partial charge in [-0.15, -0.1) is 11.3 Å². The van der Waals surface area contributed by atoms with Crippen LogP contribution >= 0.6 is 11.3 Å². The second-order valence-electron chi connectivity index (χ2n) is 16.7. The highest BCUT2D eigenvalue weighted by molar-refractivity contribution is 7.25. The van der Waals surface area contributed by atoms with Gasteiger partial charge in [0.1, 0.15) is 0 Å². The summed E-state index contributed by atoms with van der Waals surface area (Å²) in [6, 6.07) is 68.2. The van der Waals surface area contributed by atoms with Crippen molar-refractivity contribution < 1.29 is 0 Å². The highest BCUT2D eigenvalue weighted by Crippen LogP contribution is 2.49. The Labute approximate surface area is 356 Å². The minimum Gasteiger partial charge on any atom is -0.313 e. The van der Waals surface area contributed by atoms with Crippen LogP contribution in [0.3, 0.4) is 0 Å². The predicted molar refractivity (Wildman–Crippen MR) is 261 cm³/mol. The first-order chi connectivity index (χ1) is 30.2. The molecule has 3 aromatic heterocycles. The number of rotatable bonds is 4. The van der Waals surface area contributed by atoms with E-state index in [1.54, 1.807) is 0 Å².